The van der Waals surface area contributed by atoms with Crippen LogP contribution in [0.3, 0.4) is 0 Å². The van der Waals surface area contributed by atoms with Crippen LogP contribution in [0.15, 0.2) is 35.5 Å². The van der Waals surface area contributed by atoms with E-state index in [4.69, 9.17) is 4.74 Å². The van der Waals surface area contributed by atoms with Gasteiger partial charge < -0.3 is 10.1 Å². The number of ether oxygens (including phenoxy) is 1. The number of aromatic nitrogens is 1. The summed E-state index contributed by atoms with van der Waals surface area (Å²) in [7, 11) is 0. The van der Waals surface area contributed by atoms with Gasteiger partial charge in [-0.05, 0) is 120 Å². The van der Waals surface area contributed by atoms with Crippen LogP contribution in [0.4, 0.5) is 0 Å². The molecule has 252 valence electrons. The van der Waals surface area contributed by atoms with Crippen molar-refractivity contribution in [3.8, 4) is 0 Å². The van der Waals surface area contributed by atoms with Crippen LogP contribution in [-0.4, -0.2) is 34.3 Å². The number of allylic oxidation sites excluding steroid dienone is 1. The third kappa shape index (κ3) is 5.28. The Bertz CT molecular complexity index is 1420. The van der Waals surface area contributed by atoms with Crippen LogP contribution in [0.1, 0.15) is 137 Å². The van der Waals surface area contributed by atoms with E-state index in [1.807, 2.05) is 12.1 Å². The number of nitrogens with one attached hydrogen (secondary N) is 1. The van der Waals surface area contributed by atoms with E-state index in [0.717, 1.165) is 56.9 Å². The molecular weight excluding hydrogens is 572 g/mol. The minimum atomic E-state index is -0.603. The number of Topliss-reactive ketones (excluding diaryl/α,β-unsaturated/α-hetero) is 1. The first-order chi connectivity index (χ1) is 21.4. The number of ketones is 1. The van der Waals surface area contributed by atoms with Crippen LogP contribution >= 0.6 is 0 Å². The molecule has 0 aromatic carbocycles. The number of carbonyl (C=O) groups is 3. The van der Waals surface area contributed by atoms with Gasteiger partial charge >= 0.3 is 5.97 Å². The Morgan fingerprint density at radius 2 is 1.67 bits per heavy atom. The van der Waals surface area contributed by atoms with E-state index < -0.39 is 5.54 Å². The van der Waals surface area contributed by atoms with Gasteiger partial charge in [-0.25, -0.2) is 0 Å². The fraction of sp³-hybridized carbons (Fsp3) is 0.750. The fourth-order valence-electron chi connectivity index (χ4n) is 12.0. The number of esters is 1. The van der Waals surface area contributed by atoms with Gasteiger partial charge in [0, 0.05) is 18.0 Å². The number of rotatable bonds is 5. The van der Waals surface area contributed by atoms with E-state index in [1.54, 1.807) is 12.3 Å². The van der Waals surface area contributed by atoms with Crippen LogP contribution in [0.5, 0.6) is 0 Å². The number of hydrogen-bond acceptors (Lipinski definition) is 5. The summed E-state index contributed by atoms with van der Waals surface area (Å²) in [6.07, 6.45) is 10.8. The standard InChI is InChI=1S/C40H58N2O4/c1-24(2)33-28(43)22-40(42-35(45)27-12-10-11-21-41-27)20-15-26-25(34(33)40)13-14-30-38(26,8)18-16-29-37(6,7)31(17-19-39(29,30)9)46-32(44)23-36(3,4)5/h10-12,21,24-26,29-31H,13-20,22-23H2,1-9H3,(H,42,45). The van der Waals surface area contributed by atoms with E-state index in [2.05, 4.69) is 72.6 Å². The molecule has 8 unspecified atom stereocenters. The molecule has 1 aromatic rings. The van der Waals surface area contributed by atoms with Crippen molar-refractivity contribution in [2.75, 3.05) is 0 Å². The zero-order valence-electron chi connectivity index (χ0n) is 29.9. The quantitative estimate of drug-likeness (QED) is 0.330. The SMILES string of the molecule is CC(C)C1=C2C3CCC4C(C)(CCC5C(C)(C)C(OC(=O)CC(C)(C)C)CCC54C)C3CCC2(NC(=O)c2ccccn2)CC1=O. The van der Waals surface area contributed by atoms with Crippen molar-refractivity contribution < 1.29 is 19.1 Å². The van der Waals surface area contributed by atoms with Gasteiger partial charge in [-0.1, -0.05) is 68.4 Å². The first kappa shape index (κ1) is 33.4. The second-order valence-corrected chi connectivity index (χ2v) is 18.4. The Labute approximate surface area is 277 Å². The molecule has 0 spiro atoms. The number of nitrogens with zero attached hydrogens (tertiary/aromatic N) is 1. The summed E-state index contributed by atoms with van der Waals surface area (Å²) in [5, 5.41) is 3.42. The van der Waals surface area contributed by atoms with Gasteiger partial charge in [0.15, 0.2) is 5.78 Å². The average Bonchev–Trinajstić information content (AvgIpc) is 3.25. The molecule has 1 amide bonds. The summed E-state index contributed by atoms with van der Waals surface area (Å²) in [4.78, 5) is 44.6. The molecule has 1 aromatic heterocycles. The van der Waals surface area contributed by atoms with Crippen LogP contribution in [-0.2, 0) is 14.3 Å². The van der Waals surface area contributed by atoms with Crippen molar-refractivity contribution >= 4 is 17.7 Å². The Balaban J connectivity index is 1.29. The highest BCUT2D eigenvalue weighted by atomic mass is 16.5. The largest absolute Gasteiger partial charge is 0.462 e. The molecule has 8 atom stereocenters. The van der Waals surface area contributed by atoms with E-state index in [0.29, 0.717) is 42.2 Å². The molecule has 4 fully saturated rings. The highest BCUT2D eigenvalue weighted by molar-refractivity contribution is 6.03. The molecule has 46 heavy (non-hydrogen) atoms. The number of carbonyl (C=O) groups excluding carboxylic acids is 3. The van der Waals surface area contributed by atoms with E-state index >= 15 is 0 Å². The van der Waals surface area contributed by atoms with Crippen LogP contribution < -0.4 is 5.32 Å². The molecule has 1 heterocycles. The van der Waals surface area contributed by atoms with Crippen molar-refractivity contribution in [2.24, 2.45) is 51.2 Å². The second kappa shape index (κ2) is 11.3. The highest BCUT2D eigenvalue weighted by Crippen LogP contribution is 2.72. The van der Waals surface area contributed by atoms with Crippen LogP contribution in [0.25, 0.3) is 0 Å². The predicted octanol–water partition coefficient (Wildman–Crippen LogP) is 8.50. The fourth-order valence-corrected chi connectivity index (χ4v) is 12.0. The molecule has 0 radical (unpaired) electrons. The molecule has 5 aliphatic rings. The van der Waals surface area contributed by atoms with E-state index in [1.165, 1.54) is 5.57 Å². The smallest absolute Gasteiger partial charge is 0.306 e. The lowest BCUT2D eigenvalue weighted by Gasteiger charge is -2.68. The monoisotopic (exact) mass is 630 g/mol. The van der Waals surface area contributed by atoms with E-state index in [9.17, 15) is 14.4 Å². The number of hydrogen-bond donors (Lipinski definition) is 1. The second-order valence-electron chi connectivity index (χ2n) is 18.4. The molecule has 5 aliphatic carbocycles. The predicted molar refractivity (Wildman–Crippen MR) is 181 cm³/mol. The van der Waals surface area contributed by atoms with Gasteiger partial charge in [0.25, 0.3) is 5.91 Å². The third-order valence-corrected chi connectivity index (χ3v) is 13.7. The first-order valence-corrected chi connectivity index (χ1v) is 18.1. The minimum Gasteiger partial charge on any atom is -0.462 e. The molecule has 0 saturated heterocycles. The summed E-state index contributed by atoms with van der Waals surface area (Å²) in [6.45, 7) is 20.5. The normalized spacial score (nSPS) is 38.4. The zero-order chi connectivity index (χ0) is 33.4. The minimum absolute atomic E-state index is 0.0395. The molecule has 4 saturated carbocycles. The summed E-state index contributed by atoms with van der Waals surface area (Å²) in [6, 6.07) is 5.42. The van der Waals surface area contributed by atoms with Crippen LogP contribution in [0.2, 0.25) is 0 Å². The Hall–Kier alpha value is -2.50. The average molecular weight is 631 g/mol. The first-order valence-electron chi connectivity index (χ1n) is 18.1. The zero-order valence-corrected chi connectivity index (χ0v) is 29.9. The number of fused-ring (bicyclic) bond motifs is 7. The Morgan fingerprint density at radius 3 is 2.33 bits per heavy atom. The lowest BCUT2D eigenvalue weighted by molar-refractivity contribution is -0.213. The van der Waals surface area contributed by atoms with Gasteiger partial charge in [0.05, 0.1) is 12.0 Å². The van der Waals surface area contributed by atoms with Gasteiger partial charge in [0.1, 0.15) is 11.8 Å². The molecule has 0 aliphatic heterocycles. The molecule has 1 N–H and O–H groups in total. The van der Waals surface area contributed by atoms with Crippen molar-refractivity contribution in [2.45, 2.75) is 138 Å². The number of amides is 1. The summed E-state index contributed by atoms with van der Waals surface area (Å²) in [5.41, 5.74) is 2.23. The lowest BCUT2D eigenvalue weighted by Crippen LogP contribution is -2.64. The molecule has 6 nitrogen and oxygen atoms in total. The summed E-state index contributed by atoms with van der Waals surface area (Å²) >= 11 is 0. The molecular formula is C40H58N2O4. The van der Waals surface area contributed by atoms with Gasteiger partial charge in [-0.3, -0.25) is 19.4 Å². The Kier molecular flexibility index (Phi) is 8.20. The molecule has 6 rings (SSSR count). The van der Waals surface area contributed by atoms with Crippen molar-refractivity contribution in [3.05, 3.63) is 41.2 Å². The van der Waals surface area contributed by atoms with Crippen molar-refractivity contribution in [1.29, 1.82) is 0 Å². The van der Waals surface area contributed by atoms with Crippen molar-refractivity contribution in [3.63, 3.8) is 0 Å². The molecule has 0 bridgehead atoms. The highest BCUT2D eigenvalue weighted by Gasteiger charge is 2.67. The lowest BCUT2D eigenvalue weighted by atomic mass is 9.37. The Morgan fingerprint density at radius 1 is 0.957 bits per heavy atom. The maximum Gasteiger partial charge on any atom is 0.306 e. The van der Waals surface area contributed by atoms with E-state index in [-0.39, 0.29) is 51.3 Å². The van der Waals surface area contributed by atoms with Crippen molar-refractivity contribution in [1.82, 2.24) is 10.3 Å². The maximum atomic E-state index is 13.8. The topological polar surface area (TPSA) is 85.4 Å². The van der Waals surface area contributed by atoms with Gasteiger partial charge in [0.2, 0.25) is 0 Å². The third-order valence-electron chi connectivity index (χ3n) is 13.7. The maximum absolute atomic E-state index is 13.8. The van der Waals surface area contributed by atoms with Gasteiger partial charge in [-0.2, -0.15) is 0 Å². The van der Waals surface area contributed by atoms with Gasteiger partial charge in [-0.15, -0.1) is 0 Å². The van der Waals surface area contributed by atoms with Crippen LogP contribution in [0, 0.1) is 51.2 Å². The molecule has 6 heteroatoms. The number of pyridine rings is 1. The summed E-state index contributed by atoms with van der Waals surface area (Å²) < 4.78 is 6.27. The summed E-state index contributed by atoms with van der Waals surface area (Å²) in [5.74, 6) is 1.99.